The standard InChI is InChI=1S/C23H19BrN2O3/c1-29-20-13-12-16(14-19(20)24)15-26-21(27)23(25-22(26)28,17-8-4-2-5-9-17)18-10-6-3-7-11-18/h2-14H,15H2,1H3,(H,25,28). The molecule has 0 aromatic heterocycles. The number of carbonyl (C=O) groups excluding carboxylic acids is 2. The summed E-state index contributed by atoms with van der Waals surface area (Å²) in [6.45, 7) is 0.161. The highest BCUT2D eigenvalue weighted by Gasteiger charge is 2.53. The number of ether oxygens (including phenoxy) is 1. The molecule has 3 aromatic carbocycles. The molecule has 0 saturated carbocycles. The number of rotatable bonds is 5. The monoisotopic (exact) mass is 450 g/mol. The number of carbonyl (C=O) groups is 2. The molecule has 0 atom stereocenters. The van der Waals surface area contributed by atoms with Crippen LogP contribution in [-0.4, -0.2) is 23.9 Å². The van der Waals surface area contributed by atoms with Crippen molar-refractivity contribution in [2.75, 3.05) is 7.11 Å². The summed E-state index contributed by atoms with van der Waals surface area (Å²) in [5.41, 5.74) is 1.02. The molecule has 3 amide bonds. The first-order valence-electron chi connectivity index (χ1n) is 9.14. The maximum Gasteiger partial charge on any atom is 0.325 e. The highest BCUT2D eigenvalue weighted by atomic mass is 79.9. The molecule has 4 rings (SSSR count). The molecule has 0 radical (unpaired) electrons. The van der Waals surface area contributed by atoms with Gasteiger partial charge in [-0.15, -0.1) is 0 Å². The first-order valence-corrected chi connectivity index (χ1v) is 9.93. The molecule has 3 aromatic rings. The van der Waals surface area contributed by atoms with E-state index in [1.807, 2.05) is 72.8 Å². The number of halogens is 1. The Hall–Kier alpha value is -3.12. The smallest absolute Gasteiger partial charge is 0.325 e. The van der Waals surface area contributed by atoms with Crippen LogP contribution in [0.5, 0.6) is 5.75 Å². The Labute approximate surface area is 177 Å². The van der Waals surface area contributed by atoms with Crippen molar-refractivity contribution in [3.05, 3.63) is 100 Å². The number of nitrogens with one attached hydrogen (secondary N) is 1. The fraction of sp³-hybridized carbons (Fsp3) is 0.130. The molecular formula is C23H19BrN2O3. The van der Waals surface area contributed by atoms with E-state index in [9.17, 15) is 9.59 Å². The quantitative estimate of drug-likeness (QED) is 0.584. The zero-order chi connectivity index (χ0) is 20.4. The van der Waals surface area contributed by atoms with Gasteiger partial charge in [-0.3, -0.25) is 9.69 Å². The molecule has 1 aliphatic heterocycles. The minimum Gasteiger partial charge on any atom is -0.496 e. The highest BCUT2D eigenvalue weighted by molar-refractivity contribution is 9.10. The maximum absolute atomic E-state index is 13.7. The van der Waals surface area contributed by atoms with Crippen LogP contribution in [0.3, 0.4) is 0 Å². The molecule has 146 valence electrons. The second-order valence-corrected chi connectivity index (χ2v) is 7.63. The number of methoxy groups -OCH3 is 1. The second kappa shape index (κ2) is 7.72. The Bertz CT molecular complexity index is 1010. The number of imide groups is 1. The van der Waals surface area contributed by atoms with Crippen molar-refractivity contribution >= 4 is 27.9 Å². The third-order valence-corrected chi connectivity index (χ3v) is 5.70. The van der Waals surface area contributed by atoms with Gasteiger partial charge in [0.2, 0.25) is 0 Å². The maximum atomic E-state index is 13.7. The Morgan fingerprint density at radius 1 is 0.931 bits per heavy atom. The van der Waals surface area contributed by atoms with Gasteiger partial charge in [-0.2, -0.15) is 0 Å². The van der Waals surface area contributed by atoms with Crippen LogP contribution < -0.4 is 10.1 Å². The van der Waals surface area contributed by atoms with Crippen LogP contribution in [0.15, 0.2) is 83.3 Å². The van der Waals surface area contributed by atoms with E-state index >= 15 is 0 Å². The van der Waals surface area contributed by atoms with Crippen molar-refractivity contribution in [3.8, 4) is 5.75 Å². The van der Waals surface area contributed by atoms with E-state index in [2.05, 4.69) is 21.2 Å². The zero-order valence-electron chi connectivity index (χ0n) is 15.8. The largest absolute Gasteiger partial charge is 0.496 e. The number of nitrogens with zero attached hydrogens (tertiary/aromatic N) is 1. The molecule has 29 heavy (non-hydrogen) atoms. The molecule has 0 unspecified atom stereocenters. The van der Waals surface area contributed by atoms with Gasteiger partial charge in [-0.1, -0.05) is 66.7 Å². The zero-order valence-corrected chi connectivity index (χ0v) is 17.3. The summed E-state index contributed by atoms with van der Waals surface area (Å²) in [5.74, 6) is 0.390. The third kappa shape index (κ3) is 3.29. The third-order valence-electron chi connectivity index (χ3n) is 5.08. The molecule has 1 N–H and O–H groups in total. The van der Waals surface area contributed by atoms with E-state index in [0.29, 0.717) is 5.75 Å². The first kappa shape index (κ1) is 19.2. The van der Waals surface area contributed by atoms with Gasteiger partial charge in [0, 0.05) is 0 Å². The van der Waals surface area contributed by atoms with E-state index in [4.69, 9.17) is 4.74 Å². The first-order chi connectivity index (χ1) is 14.1. The Balaban J connectivity index is 1.75. The average molecular weight is 451 g/mol. The number of hydrogen-bond acceptors (Lipinski definition) is 3. The van der Waals surface area contributed by atoms with Gasteiger partial charge in [0.05, 0.1) is 18.1 Å². The number of hydrogen-bond donors (Lipinski definition) is 1. The second-order valence-electron chi connectivity index (χ2n) is 6.77. The lowest BCUT2D eigenvalue weighted by molar-refractivity contribution is -0.130. The summed E-state index contributed by atoms with van der Waals surface area (Å²) in [4.78, 5) is 27.8. The van der Waals surface area contributed by atoms with Crippen LogP contribution in [0.1, 0.15) is 16.7 Å². The van der Waals surface area contributed by atoms with Crippen molar-refractivity contribution in [1.82, 2.24) is 10.2 Å². The van der Waals surface area contributed by atoms with Crippen molar-refractivity contribution in [2.24, 2.45) is 0 Å². The van der Waals surface area contributed by atoms with Crippen molar-refractivity contribution in [2.45, 2.75) is 12.1 Å². The fourth-order valence-electron chi connectivity index (χ4n) is 3.64. The lowest BCUT2D eigenvalue weighted by Gasteiger charge is -2.28. The Morgan fingerprint density at radius 2 is 1.52 bits per heavy atom. The minimum atomic E-state index is -1.25. The molecule has 0 bridgehead atoms. The molecular weight excluding hydrogens is 432 g/mol. The fourth-order valence-corrected chi connectivity index (χ4v) is 4.23. The summed E-state index contributed by atoms with van der Waals surface area (Å²) >= 11 is 3.45. The lowest BCUT2D eigenvalue weighted by atomic mass is 9.82. The van der Waals surface area contributed by atoms with Crippen LogP contribution in [0.2, 0.25) is 0 Å². The van der Waals surface area contributed by atoms with Gasteiger partial charge >= 0.3 is 6.03 Å². The molecule has 1 fully saturated rings. The van der Waals surface area contributed by atoms with E-state index in [1.54, 1.807) is 13.2 Å². The molecule has 0 aliphatic carbocycles. The van der Waals surface area contributed by atoms with Crippen LogP contribution in [0.4, 0.5) is 4.79 Å². The summed E-state index contributed by atoms with van der Waals surface area (Å²) < 4.78 is 6.02. The van der Waals surface area contributed by atoms with Gasteiger partial charge in [-0.25, -0.2) is 4.79 Å². The minimum absolute atomic E-state index is 0.161. The molecule has 0 spiro atoms. The molecule has 6 heteroatoms. The molecule has 1 saturated heterocycles. The van der Waals surface area contributed by atoms with Crippen molar-refractivity contribution in [3.63, 3.8) is 0 Å². The Morgan fingerprint density at radius 3 is 2.03 bits per heavy atom. The van der Waals surface area contributed by atoms with Gasteiger partial charge < -0.3 is 10.1 Å². The lowest BCUT2D eigenvalue weighted by Crippen LogP contribution is -2.45. The van der Waals surface area contributed by atoms with Gasteiger partial charge in [0.1, 0.15) is 5.75 Å². The normalized spacial score (nSPS) is 15.3. The SMILES string of the molecule is COc1ccc(CN2C(=O)NC(c3ccccc3)(c3ccccc3)C2=O)cc1Br. The summed E-state index contributed by atoms with van der Waals surface area (Å²) in [6, 6.07) is 23.7. The van der Waals surface area contributed by atoms with E-state index in [-0.39, 0.29) is 12.5 Å². The van der Waals surface area contributed by atoms with Gasteiger partial charge in [0.15, 0.2) is 5.54 Å². The Kier molecular flexibility index (Phi) is 5.11. The van der Waals surface area contributed by atoms with Crippen LogP contribution >= 0.6 is 15.9 Å². The van der Waals surface area contributed by atoms with Crippen LogP contribution in [-0.2, 0) is 16.9 Å². The summed E-state index contributed by atoms with van der Waals surface area (Å²) in [7, 11) is 1.59. The summed E-state index contributed by atoms with van der Waals surface area (Å²) in [5, 5.41) is 2.96. The van der Waals surface area contributed by atoms with Crippen LogP contribution in [0, 0.1) is 0 Å². The average Bonchev–Trinajstić information content (AvgIpc) is 3.01. The summed E-state index contributed by atoms with van der Waals surface area (Å²) in [6.07, 6.45) is 0. The number of benzene rings is 3. The topological polar surface area (TPSA) is 58.6 Å². The van der Waals surface area contributed by atoms with Gasteiger partial charge in [-0.05, 0) is 44.8 Å². The predicted octanol–water partition coefficient (Wildman–Crippen LogP) is 4.45. The van der Waals surface area contributed by atoms with Gasteiger partial charge in [0.25, 0.3) is 5.91 Å². The van der Waals surface area contributed by atoms with E-state index in [0.717, 1.165) is 21.2 Å². The number of amides is 3. The van der Waals surface area contributed by atoms with Crippen molar-refractivity contribution < 1.29 is 14.3 Å². The van der Waals surface area contributed by atoms with Crippen molar-refractivity contribution in [1.29, 1.82) is 0 Å². The molecule has 1 aliphatic rings. The molecule has 1 heterocycles. The number of urea groups is 1. The highest BCUT2D eigenvalue weighted by Crippen LogP contribution is 2.37. The van der Waals surface area contributed by atoms with Crippen LogP contribution in [0.25, 0.3) is 0 Å². The van der Waals surface area contributed by atoms with E-state index in [1.165, 1.54) is 4.90 Å². The predicted molar refractivity (Wildman–Crippen MR) is 113 cm³/mol. The molecule has 5 nitrogen and oxygen atoms in total. The van der Waals surface area contributed by atoms with E-state index < -0.39 is 11.6 Å².